The van der Waals surface area contributed by atoms with Crippen LogP contribution >= 0.6 is 0 Å². The fraction of sp³-hybridized carbons (Fsp3) is 0.409. The number of aliphatic hydroxyl groups is 1. The molecule has 4 aliphatic heterocycles. The molecule has 0 radical (unpaired) electrons. The molecule has 0 aromatic heterocycles. The Morgan fingerprint density at radius 1 is 0.935 bits per heavy atom. The van der Waals surface area contributed by atoms with E-state index in [1.165, 1.54) is 0 Å². The zero-order valence-corrected chi connectivity index (χ0v) is 17.3. The first kappa shape index (κ1) is 18.4. The number of hydrogen-bond acceptors (Lipinski definition) is 8. The zero-order valence-electron chi connectivity index (χ0n) is 17.3. The van der Waals surface area contributed by atoms with Crippen LogP contribution in [0.4, 0.5) is 0 Å². The van der Waals surface area contributed by atoms with Gasteiger partial charge in [-0.25, -0.2) is 0 Å². The number of rotatable bonds is 3. The van der Waals surface area contributed by atoms with Crippen molar-refractivity contribution in [2.75, 3.05) is 40.9 Å². The number of ether oxygens (including phenoxy) is 6. The summed E-state index contributed by atoms with van der Waals surface area (Å²) in [5, 5.41) is 13.3. The van der Waals surface area contributed by atoms with Crippen LogP contribution in [-0.2, 0) is 12.8 Å². The highest BCUT2D eigenvalue weighted by molar-refractivity contribution is 5.86. The lowest BCUT2D eigenvalue weighted by molar-refractivity contribution is -0.707. The Bertz CT molecular complexity index is 1110. The molecule has 0 spiro atoms. The molecule has 31 heavy (non-hydrogen) atoms. The van der Waals surface area contributed by atoms with Gasteiger partial charge in [-0.05, 0) is 29.7 Å². The second-order valence-corrected chi connectivity index (χ2v) is 7.76. The monoisotopic (exact) mass is 427 g/mol. The van der Waals surface area contributed by atoms with Crippen molar-refractivity contribution in [2.24, 2.45) is 0 Å². The van der Waals surface area contributed by atoms with Crippen LogP contribution in [0.25, 0.3) is 0 Å². The van der Waals surface area contributed by atoms with Crippen molar-refractivity contribution >= 4 is 6.21 Å². The second kappa shape index (κ2) is 6.84. The molecular weight excluding hydrogens is 404 g/mol. The first-order valence-corrected chi connectivity index (χ1v) is 10.2. The third kappa shape index (κ3) is 2.62. The van der Waals surface area contributed by atoms with Crippen molar-refractivity contribution in [1.82, 2.24) is 5.01 Å². The molecule has 9 heteroatoms. The van der Waals surface area contributed by atoms with Crippen molar-refractivity contribution in [3.8, 4) is 34.5 Å². The summed E-state index contributed by atoms with van der Waals surface area (Å²) in [6.07, 6.45) is 2.65. The minimum Gasteiger partial charge on any atom is -0.492 e. The standard InChI is InChI=1S/C22H23N2O7/c1-26-18-14-9-23(5-3-12(14)7-15-19(18)30-10-28-15)24-6-4-13-8-16-20(31-11-29-16)21(27-2)17(13)22(24)25/h7-9,22,25H,3-6,10-11H2,1-2H3/q+1/t22-/m1/s1. The molecular formula is C22H23N2O7+. The first-order valence-electron chi connectivity index (χ1n) is 10.2. The van der Waals surface area contributed by atoms with E-state index in [0.717, 1.165) is 41.6 Å². The molecule has 4 aliphatic rings. The van der Waals surface area contributed by atoms with Crippen molar-refractivity contribution in [2.45, 2.75) is 19.1 Å². The van der Waals surface area contributed by atoms with Crippen LogP contribution in [0.15, 0.2) is 12.1 Å². The molecule has 0 amide bonds. The summed E-state index contributed by atoms with van der Waals surface area (Å²) in [6.45, 7) is 1.71. The van der Waals surface area contributed by atoms with Crippen molar-refractivity contribution in [3.05, 3.63) is 34.4 Å². The highest BCUT2D eigenvalue weighted by atomic mass is 16.7. The number of hydrazine groups is 1. The summed E-state index contributed by atoms with van der Waals surface area (Å²) in [5.74, 6) is 3.73. The van der Waals surface area contributed by atoms with E-state index >= 15 is 0 Å². The largest absolute Gasteiger partial charge is 0.492 e. The Kier molecular flexibility index (Phi) is 4.07. The van der Waals surface area contributed by atoms with Gasteiger partial charge in [-0.15, -0.1) is 4.68 Å². The third-order valence-electron chi connectivity index (χ3n) is 6.26. The summed E-state index contributed by atoms with van der Waals surface area (Å²) in [5.41, 5.74) is 3.79. The summed E-state index contributed by atoms with van der Waals surface area (Å²) in [6, 6.07) is 3.96. The van der Waals surface area contributed by atoms with E-state index in [4.69, 9.17) is 28.4 Å². The fourth-order valence-corrected chi connectivity index (χ4v) is 4.82. The van der Waals surface area contributed by atoms with E-state index in [0.29, 0.717) is 41.0 Å². The van der Waals surface area contributed by atoms with Gasteiger partial charge in [-0.3, -0.25) is 0 Å². The minimum atomic E-state index is -0.883. The number of benzene rings is 2. The van der Waals surface area contributed by atoms with Crippen LogP contribution in [0.2, 0.25) is 0 Å². The van der Waals surface area contributed by atoms with Crippen molar-refractivity contribution < 1.29 is 38.2 Å². The molecule has 0 unspecified atom stereocenters. The summed E-state index contributed by atoms with van der Waals surface area (Å²) in [7, 11) is 3.21. The second-order valence-electron chi connectivity index (χ2n) is 7.76. The number of aliphatic hydroxyl groups excluding tert-OH is 1. The van der Waals surface area contributed by atoms with Crippen LogP contribution < -0.4 is 28.4 Å². The highest BCUT2D eigenvalue weighted by Crippen LogP contribution is 2.49. The molecule has 0 fully saturated rings. The van der Waals surface area contributed by atoms with Crippen molar-refractivity contribution in [3.63, 3.8) is 0 Å². The maximum Gasteiger partial charge on any atom is 0.231 e. The Morgan fingerprint density at radius 2 is 1.61 bits per heavy atom. The van der Waals surface area contributed by atoms with Gasteiger partial charge in [0, 0.05) is 6.42 Å². The highest BCUT2D eigenvalue weighted by Gasteiger charge is 2.40. The van der Waals surface area contributed by atoms with E-state index in [9.17, 15) is 5.11 Å². The van der Waals surface area contributed by atoms with Crippen LogP contribution in [-0.4, -0.2) is 61.9 Å². The number of hydrazone groups is 1. The normalized spacial score (nSPS) is 20.2. The van der Waals surface area contributed by atoms with Gasteiger partial charge < -0.3 is 33.5 Å². The maximum atomic E-state index is 11.4. The van der Waals surface area contributed by atoms with E-state index in [1.807, 2.05) is 28.0 Å². The van der Waals surface area contributed by atoms with Crippen LogP contribution in [0.3, 0.4) is 0 Å². The predicted octanol–water partition coefficient (Wildman–Crippen LogP) is 1.61. The fourth-order valence-electron chi connectivity index (χ4n) is 4.82. The van der Waals surface area contributed by atoms with E-state index in [2.05, 4.69) is 0 Å². The quantitative estimate of drug-likeness (QED) is 0.740. The van der Waals surface area contributed by atoms with E-state index < -0.39 is 6.23 Å². The zero-order chi connectivity index (χ0) is 21.1. The summed E-state index contributed by atoms with van der Waals surface area (Å²) < 4.78 is 35.6. The molecule has 0 saturated carbocycles. The molecule has 4 heterocycles. The maximum absolute atomic E-state index is 11.4. The van der Waals surface area contributed by atoms with Gasteiger partial charge in [0.15, 0.2) is 29.5 Å². The molecule has 6 rings (SSSR count). The Hall–Kier alpha value is -3.33. The summed E-state index contributed by atoms with van der Waals surface area (Å²) >= 11 is 0. The van der Waals surface area contributed by atoms with Crippen molar-refractivity contribution in [1.29, 1.82) is 0 Å². The molecule has 1 atom stereocenters. The predicted molar refractivity (Wildman–Crippen MR) is 108 cm³/mol. The topological polar surface area (TPSA) is 81.9 Å². The molecule has 1 N–H and O–H groups in total. The molecule has 0 saturated heterocycles. The smallest absolute Gasteiger partial charge is 0.231 e. The van der Waals surface area contributed by atoms with Gasteiger partial charge in [0.2, 0.25) is 37.5 Å². The van der Waals surface area contributed by atoms with Gasteiger partial charge in [0.05, 0.1) is 31.9 Å². The van der Waals surface area contributed by atoms with Gasteiger partial charge in [0.25, 0.3) is 0 Å². The first-order chi connectivity index (χ1) is 15.2. The Morgan fingerprint density at radius 3 is 2.32 bits per heavy atom. The van der Waals surface area contributed by atoms with E-state index in [1.54, 1.807) is 14.2 Å². The molecule has 162 valence electrons. The number of hydrogen-bond donors (Lipinski definition) is 1. The van der Waals surface area contributed by atoms with Crippen LogP contribution in [0.5, 0.6) is 34.5 Å². The lowest BCUT2D eigenvalue weighted by Crippen LogP contribution is -2.45. The van der Waals surface area contributed by atoms with Gasteiger partial charge in [0.1, 0.15) is 0 Å². The molecule has 9 nitrogen and oxygen atoms in total. The molecule has 2 aromatic carbocycles. The average Bonchev–Trinajstić information content (AvgIpc) is 3.45. The lowest BCUT2D eigenvalue weighted by atomic mass is 9.96. The molecule has 0 bridgehead atoms. The Balaban J connectivity index is 1.41. The van der Waals surface area contributed by atoms with Crippen LogP contribution in [0, 0.1) is 0 Å². The SMILES string of the molecule is COc1c2c(cc3c1OCO3)CC[N+](N1CCc3cc4c(c(OC)c3[C@H]1O)OCO4)=C2. The molecule has 2 aromatic rings. The number of methoxy groups -OCH3 is 2. The number of nitrogens with zero attached hydrogens (tertiary/aromatic N) is 2. The summed E-state index contributed by atoms with van der Waals surface area (Å²) in [4.78, 5) is 0. The molecule has 0 aliphatic carbocycles. The number of fused-ring (bicyclic) bond motifs is 4. The van der Waals surface area contributed by atoms with Gasteiger partial charge in [-0.2, -0.15) is 5.01 Å². The van der Waals surface area contributed by atoms with Crippen LogP contribution in [0.1, 0.15) is 28.5 Å². The third-order valence-corrected chi connectivity index (χ3v) is 6.26. The minimum absolute atomic E-state index is 0.154. The van der Waals surface area contributed by atoms with Gasteiger partial charge in [-0.1, -0.05) is 0 Å². The lowest BCUT2D eigenvalue weighted by Gasteiger charge is -2.33. The van der Waals surface area contributed by atoms with Gasteiger partial charge >= 0.3 is 0 Å². The Labute approximate surface area is 178 Å². The van der Waals surface area contributed by atoms with E-state index in [-0.39, 0.29) is 13.6 Å². The average molecular weight is 427 g/mol.